The van der Waals surface area contributed by atoms with Gasteiger partial charge in [0.05, 0.1) is 32.5 Å². The van der Waals surface area contributed by atoms with E-state index in [0.29, 0.717) is 32.5 Å². The lowest BCUT2D eigenvalue weighted by molar-refractivity contribution is -0.00851. The lowest BCUT2D eigenvalue weighted by Crippen LogP contribution is -2.15. The van der Waals surface area contributed by atoms with Gasteiger partial charge in [-0.15, -0.1) is 0 Å². The lowest BCUT2D eigenvalue weighted by Gasteiger charge is -2.13. The van der Waals surface area contributed by atoms with Crippen LogP contribution in [0.4, 0.5) is 0 Å². The zero-order chi connectivity index (χ0) is 9.94. The van der Waals surface area contributed by atoms with Gasteiger partial charge in [-0.2, -0.15) is 0 Å². The average Bonchev–Trinajstić information content (AvgIpc) is 2.17. The predicted octanol–water partition coefficient (Wildman–Crippen LogP) is 1.85. The van der Waals surface area contributed by atoms with Crippen molar-refractivity contribution in [2.75, 3.05) is 33.5 Å². The minimum Gasteiger partial charge on any atom is -0.382 e. The van der Waals surface area contributed by atoms with E-state index in [-0.39, 0.29) is 0 Å². The van der Waals surface area contributed by atoms with Gasteiger partial charge in [-0.3, -0.25) is 0 Å². The van der Waals surface area contributed by atoms with Crippen LogP contribution < -0.4 is 0 Å². The summed E-state index contributed by atoms with van der Waals surface area (Å²) in [5.74, 6) is 0. The molecular weight excluding hydrogens is 168 g/mol. The minimum atomic E-state index is 0.394. The van der Waals surface area contributed by atoms with Gasteiger partial charge in [0.25, 0.3) is 0 Å². The molecule has 0 aliphatic carbocycles. The molecule has 0 heterocycles. The number of hydrogen-bond donors (Lipinski definition) is 0. The highest BCUT2D eigenvalue weighted by Crippen LogP contribution is 2.01. The Morgan fingerprint density at radius 2 is 1.54 bits per heavy atom. The van der Waals surface area contributed by atoms with Gasteiger partial charge in [-0.1, -0.05) is 13.8 Å². The van der Waals surface area contributed by atoms with Gasteiger partial charge in [0.2, 0.25) is 0 Å². The molecule has 0 aromatic rings. The normalized spacial score (nSPS) is 11.1. The topological polar surface area (TPSA) is 27.7 Å². The van der Waals surface area contributed by atoms with Gasteiger partial charge < -0.3 is 14.2 Å². The quantitative estimate of drug-likeness (QED) is 0.519. The standard InChI is InChI=1S/C10H22O3/c1-4-10(5-2)13-9-8-12-7-6-11-3/h10H,4-9H2,1-3H3. The number of rotatable bonds is 9. The van der Waals surface area contributed by atoms with Gasteiger partial charge >= 0.3 is 0 Å². The lowest BCUT2D eigenvalue weighted by atomic mass is 10.2. The molecular formula is C10H22O3. The largest absolute Gasteiger partial charge is 0.382 e. The fourth-order valence-corrected chi connectivity index (χ4v) is 1.04. The van der Waals surface area contributed by atoms with Crippen molar-refractivity contribution in [3.8, 4) is 0 Å². The SMILES string of the molecule is CCC(CC)OCCOCCOC. The smallest absolute Gasteiger partial charge is 0.0704 e. The second kappa shape index (κ2) is 9.96. The minimum absolute atomic E-state index is 0.394. The molecule has 0 saturated carbocycles. The first-order valence-electron chi connectivity index (χ1n) is 5.03. The second-order valence-electron chi connectivity index (χ2n) is 2.91. The monoisotopic (exact) mass is 190 g/mol. The molecule has 0 aliphatic heterocycles. The molecule has 3 nitrogen and oxygen atoms in total. The maximum Gasteiger partial charge on any atom is 0.0704 e. The van der Waals surface area contributed by atoms with Gasteiger partial charge in [-0.25, -0.2) is 0 Å². The summed E-state index contributed by atoms with van der Waals surface area (Å²) in [7, 11) is 1.67. The number of ether oxygens (including phenoxy) is 3. The highest BCUT2D eigenvalue weighted by molar-refractivity contribution is 4.50. The Hall–Kier alpha value is -0.120. The number of methoxy groups -OCH3 is 1. The van der Waals surface area contributed by atoms with E-state index in [4.69, 9.17) is 14.2 Å². The second-order valence-corrected chi connectivity index (χ2v) is 2.91. The molecule has 0 spiro atoms. The van der Waals surface area contributed by atoms with Gasteiger partial charge in [0.15, 0.2) is 0 Å². The van der Waals surface area contributed by atoms with Crippen LogP contribution in [0, 0.1) is 0 Å². The molecule has 0 unspecified atom stereocenters. The summed E-state index contributed by atoms with van der Waals surface area (Å²) >= 11 is 0. The molecule has 3 heteroatoms. The molecule has 80 valence electrons. The van der Waals surface area contributed by atoms with Crippen molar-refractivity contribution >= 4 is 0 Å². The van der Waals surface area contributed by atoms with Crippen LogP contribution >= 0.6 is 0 Å². The van der Waals surface area contributed by atoms with Crippen LogP contribution in [0.15, 0.2) is 0 Å². The fourth-order valence-electron chi connectivity index (χ4n) is 1.04. The van der Waals surface area contributed by atoms with Crippen LogP contribution in [0.3, 0.4) is 0 Å². The molecule has 0 fully saturated rings. The summed E-state index contributed by atoms with van der Waals surface area (Å²) in [4.78, 5) is 0. The zero-order valence-electron chi connectivity index (χ0n) is 9.04. The summed E-state index contributed by atoms with van der Waals surface area (Å²) in [6.07, 6.45) is 2.55. The Balaban J connectivity index is 3.05. The summed E-state index contributed by atoms with van der Waals surface area (Å²) in [6, 6.07) is 0. The summed E-state index contributed by atoms with van der Waals surface area (Å²) in [6.45, 7) is 6.95. The van der Waals surface area contributed by atoms with Crippen molar-refractivity contribution < 1.29 is 14.2 Å². The van der Waals surface area contributed by atoms with Crippen molar-refractivity contribution in [1.29, 1.82) is 0 Å². The Morgan fingerprint density at radius 3 is 2.08 bits per heavy atom. The summed E-state index contributed by atoms with van der Waals surface area (Å²) < 4.78 is 15.7. The van der Waals surface area contributed by atoms with Crippen LogP contribution in [-0.4, -0.2) is 39.6 Å². The average molecular weight is 190 g/mol. The molecule has 13 heavy (non-hydrogen) atoms. The maximum atomic E-state index is 5.55. The predicted molar refractivity (Wildman–Crippen MR) is 53.0 cm³/mol. The highest BCUT2D eigenvalue weighted by atomic mass is 16.5. The van der Waals surface area contributed by atoms with Crippen molar-refractivity contribution in [3.63, 3.8) is 0 Å². The van der Waals surface area contributed by atoms with Crippen molar-refractivity contribution in [3.05, 3.63) is 0 Å². The fraction of sp³-hybridized carbons (Fsp3) is 1.00. The number of hydrogen-bond acceptors (Lipinski definition) is 3. The molecule has 0 saturated heterocycles. The van der Waals surface area contributed by atoms with Gasteiger partial charge in [-0.05, 0) is 12.8 Å². The van der Waals surface area contributed by atoms with E-state index in [2.05, 4.69) is 13.8 Å². The first-order chi connectivity index (χ1) is 6.35. The molecule has 0 aliphatic rings. The molecule has 0 rings (SSSR count). The zero-order valence-corrected chi connectivity index (χ0v) is 9.04. The first-order valence-corrected chi connectivity index (χ1v) is 5.03. The van der Waals surface area contributed by atoms with E-state index in [9.17, 15) is 0 Å². The molecule has 0 amide bonds. The third kappa shape index (κ3) is 8.22. The van der Waals surface area contributed by atoms with Crippen molar-refractivity contribution in [2.45, 2.75) is 32.8 Å². The Morgan fingerprint density at radius 1 is 0.923 bits per heavy atom. The Labute approximate surface area is 81.4 Å². The van der Waals surface area contributed by atoms with Crippen LogP contribution in [0.1, 0.15) is 26.7 Å². The van der Waals surface area contributed by atoms with E-state index in [1.165, 1.54) is 0 Å². The van der Waals surface area contributed by atoms with Crippen LogP contribution in [-0.2, 0) is 14.2 Å². The molecule has 0 aromatic heterocycles. The van der Waals surface area contributed by atoms with Gasteiger partial charge in [0.1, 0.15) is 0 Å². The molecule has 0 radical (unpaired) electrons. The van der Waals surface area contributed by atoms with E-state index < -0.39 is 0 Å². The highest BCUT2D eigenvalue weighted by Gasteiger charge is 2.01. The molecule has 0 N–H and O–H groups in total. The van der Waals surface area contributed by atoms with Crippen LogP contribution in [0.5, 0.6) is 0 Å². The molecule has 0 bridgehead atoms. The van der Waals surface area contributed by atoms with E-state index in [0.717, 1.165) is 12.8 Å². The Bertz CT molecular complexity index is 92.2. The van der Waals surface area contributed by atoms with Crippen molar-refractivity contribution in [2.24, 2.45) is 0 Å². The Kier molecular flexibility index (Phi) is 9.87. The molecule has 0 aromatic carbocycles. The first kappa shape index (κ1) is 12.9. The third-order valence-corrected chi connectivity index (χ3v) is 1.92. The summed E-state index contributed by atoms with van der Waals surface area (Å²) in [5, 5.41) is 0. The van der Waals surface area contributed by atoms with Gasteiger partial charge in [0, 0.05) is 7.11 Å². The summed E-state index contributed by atoms with van der Waals surface area (Å²) in [5.41, 5.74) is 0. The van der Waals surface area contributed by atoms with Crippen LogP contribution in [0.2, 0.25) is 0 Å². The van der Waals surface area contributed by atoms with E-state index in [1.54, 1.807) is 7.11 Å². The van der Waals surface area contributed by atoms with Crippen molar-refractivity contribution in [1.82, 2.24) is 0 Å². The van der Waals surface area contributed by atoms with E-state index in [1.807, 2.05) is 0 Å². The maximum absolute atomic E-state index is 5.55. The third-order valence-electron chi connectivity index (χ3n) is 1.92. The van der Waals surface area contributed by atoms with E-state index >= 15 is 0 Å². The van der Waals surface area contributed by atoms with Crippen LogP contribution in [0.25, 0.3) is 0 Å². The molecule has 0 atom stereocenters.